The predicted molar refractivity (Wildman–Crippen MR) is 73.0 cm³/mol. The van der Waals surface area contributed by atoms with Crippen LogP contribution in [0.5, 0.6) is 0 Å². The van der Waals surface area contributed by atoms with E-state index in [1.807, 2.05) is 0 Å². The van der Waals surface area contributed by atoms with Crippen molar-refractivity contribution < 1.29 is 23.1 Å². The smallest absolute Gasteiger partial charge is 0.396 e. The summed E-state index contributed by atoms with van der Waals surface area (Å²) in [5, 5.41) is 9.87. The Morgan fingerprint density at radius 3 is 2.82 bits per heavy atom. The molecule has 2 rings (SSSR count). The molecular formula is C14H14FN3O4. The number of nitrogens with zero attached hydrogens (tertiary/aromatic N) is 2. The Morgan fingerprint density at radius 2 is 2.09 bits per heavy atom. The summed E-state index contributed by atoms with van der Waals surface area (Å²) in [6, 6.07) is 6.02. The van der Waals surface area contributed by atoms with Crippen molar-refractivity contribution in [3.8, 4) is 11.5 Å². The maximum Gasteiger partial charge on any atom is 0.396 e. The van der Waals surface area contributed by atoms with Crippen LogP contribution in [0.4, 0.5) is 4.39 Å². The van der Waals surface area contributed by atoms with Gasteiger partial charge in [-0.05, 0) is 19.1 Å². The molecule has 0 aliphatic heterocycles. The molecule has 0 saturated heterocycles. The molecular weight excluding hydrogens is 293 g/mol. The summed E-state index contributed by atoms with van der Waals surface area (Å²) in [5.74, 6) is -1.96. The summed E-state index contributed by atoms with van der Waals surface area (Å²) in [5.41, 5.74) is 0.205. The summed E-state index contributed by atoms with van der Waals surface area (Å²) >= 11 is 0. The van der Waals surface area contributed by atoms with Crippen LogP contribution < -0.4 is 5.32 Å². The summed E-state index contributed by atoms with van der Waals surface area (Å²) < 4.78 is 23.4. The van der Waals surface area contributed by atoms with Crippen molar-refractivity contribution in [1.29, 1.82) is 0 Å². The van der Waals surface area contributed by atoms with Crippen LogP contribution in [-0.4, -0.2) is 35.2 Å². The molecule has 1 aromatic carbocycles. The summed E-state index contributed by atoms with van der Waals surface area (Å²) in [7, 11) is 0. The second-order valence-electron chi connectivity index (χ2n) is 4.21. The van der Waals surface area contributed by atoms with Crippen LogP contribution in [0.25, 0.3) is 11.5 Å². The predicted octanol–water partition coefficient (Wildman–Crippen LogP) is 1.10. The van der Waals surface area contributed by atoms with Crippen molar-refractivity contribution in [2.75, 3.05) is 13.2 Å². The van der Waals surface area contributed by atoms with Gasteiger partial charge in [0, 0.05) is 13.0 Å². The van der Waals surface area contributed by atoms with Crippen molar-refractivity contribution in [3.63, 3.8) is 0 Å². The van der Waals surface area contributed by atoms with Crippen molar-refractivity contribution in [3.05, 3.63) is 36.0 Å². The number of aromatic nitrogens is 2. The van der Waals surface area contributed by atoms with Crippen LogP contribution in [0.1, 0.15) is 12.8 Å². The van der Waals surface area contributed by atoms with Crippen molar-refractivity contribution in [1.82, 2.24) is 15.5 Å². The minimum atomic E-state index is -0.944. The molecule has 7 nitrogen and oxygen atoms in total. The van der Waals surface area contributed by atoms with Crippen molar-refractivity contribution in [2.24, 2.45) is 0 Å². The van der Waals surface area contributed by atoms with E-state index in [0.29, 0.717) is 0 Å². The first-order valence-corrected chi connectivity index (χ1v) is 6.64. The number of carbonyl (C=O) groups excluding carboxylic acids is 2. The molecule has 116 valence electrons. The molecule has 1 aromatic heterocycles. The molecule has 8 heteroatoms. The van der Waals surface area contributed by atoms with Gasteiger partial charge in [-0.3, -0.25) is 4.79 Å². The number of esters is 1. The third-order valence-electron chi connectivity index (χ3n) is 2.66. The Morgan fingerprint density at radius 1 is 1.32 bits per heavy atom. The highest BCUT2D eigenvalue weighted by Gasteiger charge is 2.15. The average molecular weight is 307 g/mol. The maximum absolute atomic E-state index is 13.6. The highest BCUT2D eigenvalue weighted by Crippen LogP contribution is 2.20. The fraction of sp³-hybridized carbons (Fsp3) is 0.286. The van der Waals surface area contributed by atoms with E-state index in [-0.39, 0.29) is 36.9 Å². The number of hydrogen-bond acceptors (Lipinski definition) is 6. The topological polar surface area (TPSA) is 94.3 Å². The lowest BCUT2D eigenvalue weighted by molar-refractivity contribution is -0.154. The highest BCUT2D eigenvalue weighted by molar-refractivity contribution is 6.32. The van der Waals surface area contributed by atoms with Crippen molar-refractivity contribution >= 4 is 11.9 Å². The third-order valence-corrected chi connectivity index (χ3v) is 2.66. The molecule has 0 fully saturated rings. The van der Waals surface area contributed by atoms with Gasteiger partial charge < -0.3 is 14.5 Å². The van der Waals surface area contributed by atoms with Gasteiger partial charge in [0.05, 0.1) is 12.2 Å². The van der Waals surface area contributed by atoms with Crippen LogP contribution in [0.15, 0.2) is 28.7 Å². The Hall–Kier alpha value is -2.77. The lowest BCUT2D eigenvalue weighted by Gasteiger charge is -2.02. The summed E-state index contributed by atoms with van der Waals surface area (Å²) in [4.78, 5) is 22.4. The van der Waals surface area contributed by atoms with Gasteiger partial charge in [0.25, 0.3) is 5.89 Å². The molecule has 0 saturated carbocycles. The molecule has 1 N–H and O–H groups in total. The number of hydrogen-bond donors (Lipinski definition) is 1. The first-order chi connectivity index (χ1) is 10.6. The van der Waals surface area contributed by atoms with E-state index in [4.69, 9.17) is 4.42 Å². The van der Waals surface area contributed by atoms with Crippen LogP contribution in [0.2, 0.25) is 0 Å². The quantitative estimate of drug-likeness (QED) is 0.656. The van der Waals surface area contributed by atoms with Gasteiger partial charge in [-0.2, -0.15) is 0 Å². The number of carbonyl (C=O) groups is 2. The van der Waals surface area contributed by atoms with Crippen LogP contribution in [0, 0.1) is 5.82 Å². The number of halogens is 1. The van der Waals surface area contributed by atoms with Gasteiger partial charge in [0.2, 0.25) is 5.89 Å². The Labute approximate surface area is 125 Å². The summed E-state index contributed by atoms with van der Waals surface area (Å²) in [6.07, 6.45) is 0.215. The largest absolute Gasteiger partial charge is 0.459 e. The summed E-state index contributed by atoms with van der Waals surface area (Å²) in [6.45, 7) is 1.85. The minimum absolute atomic E-state index is 0.0600. The van der Waals surface area contributed by atoms with E-state index in [9.17, 15) is 14.0 Å². The molecule has 0 aliphatic rings. The normalized spacial score (nSPS) is 10.3. The highest BCUT2D eigenvalue weighted by atomic mass is 19.1. The second kappa shape index (κ2) is 7.30. The fourth-order valence-electron chi connectivity index (χ4n) is 1.65. The number of ether oxygens (including phenoxy) is 1. The van der Waals surface area contributed by atoms with Gasteiger partial charge >= 0.3 is 11.9 Å². The van der Waals surface area contributed by atoms with Gasteiger partial charge in [-0.25, -0.2) is 9.18 Å². The van der Waals surface area contributed by atoms with E-state index in [0.717, 1.165) is 0 Å². The lowest BCUT2D eigenvalue weighted by atomic mass is 10.2. The zero-order valence-electron chi connectivity index (χ0n) is 11.8. The van der Waals surface area contributed by atoms with Crippen LogP contribution in [-0.2, 0) is 20.7 Å². The molecule has 0 atom stereocenters. The first-order valence-electron chi connectivity index (χ1n) is 6.64. The Kier molecular flexibility index (Phi) is 5.18. The second-order valence-corrected chi connectivity index (χ2v) is 4.21. The molecule has 1 amide bonds. The number of rotatable bonds is 5. The Balaban J connectivity index is 1.89. The minimum Gasteiger partial charge on any atom is -0.459 e. The zero-order chi connectivity index (χ0) is 15.9. The van der Waals surface area contributed by atoms with E-state index in [1.165, 1.54) is 12.1 Å². The van der Waals surface area contributed by atoms with Gasteiger partial charge in [0.15, 0.2) is 0 Å². The van der Waals surface area contributed by atoms with Crippen molar-refractivity contribution in [2.45, 2.75) is 13.3 Å². The Bertz CT molecular complexity index is 672. The monoisotopic (exact) mass is 307 g/mol. The van der Waals surface area contributed by atoms with E-state index >= 15 is 0 Å². The first kappa shape index (κ1) is 15.6. The van der Waals surface area contributed by atoms with Gasteiger partial charge in [0.1, 0.15) is 5.82 Å². The number of nitrogens with one attached hydrogen (secondary N) is 1. The molecule has 22 heavy (non-hydrogen) atoms. The molecule has 1 heterocycles. The van der Waals surface area contributed by atoms with Crippen LogP contribution >= 0.6 is 0 Å². The standard InChI is InChI=1S/C14H14FN3O4/c1-2-21-14(20)12(19)16-8-7-11-17-18-13(22-11)9-5-3-4-6-10(9)15/h3-6H,2,7-8H2,1H3,(H,16,19). The SMILES string of the molecule is CCOC(=O)C(=O)NCCc1nnc(-c2ccccc2F)o1. The fourth-order valence-corrected chi connectivity index (χ4v) is 1.65. The maximum atomic E-state index is 13.6. The molecule has 0 unspecified atom stereocenters. The zero-order valence-corrected chi connectivity index (χ0v) is 11.8. The molecule has 0 radical (unpaired) electrons. The number of benzene rings is 1. The molecule has 2 aromatic rings. The molecule has 0 aliphatic carbocycles. The van der Waals surface area contributed by atoms with Gasteiger partial charge in [-0.1, -0.05) is 12.1 Å². The third kappa shape index (κ3) is 3.87. The van der Waals surface area contributed by atoms with E-state index in [2.05, 4.69) is 20.3 Å². The molecule has 0 spiro atoms. The lowest BCUT2D eigenvalue weighted by Crippen LogP contribution is -2.33. The van der Waals surface area contributed by atoms with Crippen LogP contribution in [0.3, 0.4) is 0 Å². The van der Waals surface area contributed by atoms with E-state index in [1.54, 1.807) is 19.1 Å². The van der Waals surface area contributed by atoms with Gasteiger partial charge in [-0.15, -0.1) is 10.2 Å². The number of amides is 1. The molecule has 0 bridgehead atoms. The average Bonchev–Trinajstić information content (AvgIpc) is 2.96. The van der Waals surface area contributed by atoms with E-state index < -0.39 is 17.7 Å².